The molecular formula is C19H18ClN3O3. The number of aryl methyl sites for hydroxylation is 1. The van der Waals surface area contributed by atoms with Crippen molar-refractivity contribution in [3.05, 3.63) is 64.7 Å². The average molecular weight is 372 g/mol. The van der Waals surface area contributed by atoms with Crippen LogP contribution in [0.25, 0.3) is 0 Å². The molecule has 0 bridgehead atoms. The Kier molecular flexibility index (Phi) is 4.70. The number of rotatable bonds is 4. The number of carbonyl (C=O) groups is 3. The molecule has 1 fully saturated rings. The lowest BCUT2D eigenvalue weighted by atomic mass is 9.92. The van der Waals surface area contributed by atoms with Crippen molar-refractivity contribution < 1.29 is 14.4 Å². The molecule has 2 N–H and O–H groups in total. The molecule has 3 rings (SSSR count). The fourth-order valence-electron chi connectivity index (χ4n) is 2.87. The quantitative estimate of drug-likeness (QED) is 0.811. The molecular weight excluding hydrogens is 354 g/mol. The Hall–Kier alpha value is -2.86. The number of benzene rings is 2. The highest BCUT2D eigenvalue weighted by Crippen LogP contribution is 2.28. The van der Waals surface area contributed by atoms with E-state index in [2.05, 4.69) is 10.6 Å². The number of urea groups is 1. The maximum Gasteiger partial charge on any atom is 0.325 e. The van der Waals surface area contributed by atoms with Crippen molar-refractivity contribution in [1.82, 2.24) is 10.2 Å². The van der Waals surface area contributed by atoms with Crippen LogP contribution in [0.2, 0.25) is 5.02 Å². The van der Waals surface area contributed by atoms with E-state index in [0.717, 1.165) is 10.5 Å². The van der Waals surface area contributed by atoms with Crippen molar-refractivity contribution in [3.63, 3.8) is 0 Å². The van der Waals surface area contributed by atoms with E-state index < -0.39 is 23.4 Å². The largest absolute Gasteiger partial charge is 0.325 e. The van der Waals surface area contributed by atoms with Gasteiger partial charge < -0.3 is 10.6 Å². The Bertz CT molecular complexity index is 885. The molecule has 2 aromatic carbocycles. The van der Waals surface area contributed by atoms with E-state index in [1.54, 1.807) is 49.4 Å². The van der Waals surface area contributed by atoms with Crippen LogP contribution in [0.4, 0.5) is 10.5 Å². The van der Waals surface area contributed by atoms with Gasteiger partial charge in [-0.1, -0.05) is 48.0 Å². The number of hydrogen-bond acceptors (Lipinski definition) is 3. The molecule has 1 atom stereocenters. The zero-order valence-corrected chi connectivity index (χ0v) is 15.1. The fourth-order valence-corrected chi connectivity index (χ4v) is 3.04. The molecule has 1 unspecified atom stereocenters. The molecule has 7 heteroatoms. The minimum atomic E-state index is -1.19. The summed E-state index contributed by atoms with van der Waals surface area (Å²) in [6.07, 6.45) is 0. The Labute approximate surface area is 156 Å². The van der Waals surface area contributed by atoms with Gasteiger partial charge in [-0.25, -0.2) is 4.79 Å². The Balaban J connectivity index is 1.76. The summed E-state index contributed by atoms with van der Waals surface area (Å²) in [7, 11) is 0. The maximum absolute atomic E-state index is 12.8. The molecule has 0 saturated carbocycles. The first-order chi connectivity index (χ1) is 12.3. The third-order valence-corrected chi connectivity index (χ3v) is 4.64. The Morgan fingerprint density at radius 2 is 1.88 bits per heavy atom. The van der Waals surface area contributed by atoms with E-state index in [1.165, 1.54) is 0 Å². The summed E-state index contributed by atoms with van der Waals surface area (Å²) in [6.45, 7) is 3.08. The second-order valence-electron chi connectivity index (χ2n) is 6.32. The highest BCUT2D eigenvalue weighted by molar-refractivity contribution is 6.31. The first-order valence-electron chi connectivity index (χ1n) is 8.07. The summed E-state index contributed by atoms with van der Waals surface area (Å²) in [6, 6.07) is 13.4. The van der Waals surface area contributed by atoms with Gasteiger partial charge in [0.2, 0.25) is 5.91 Å². The topological polar surface area (TPSA) is 78.5 Å². The van der Waals surface area contributed by atoms with E-state index >= 15 is 0 Å². The molecule has 26 heavy (non-hydrogen) atoms. The first-order valence-corrected chi connectivity index (χ1v) is 8.45. The van der Waals surface area contributed by atoms with Crippen LogP contribution >= 0.6 is 11.6 Å². The van der Waals surface area contributed by atoms with Gasteiger partial charge in [0.25, 0.3) is 5.91 Å². The molecule has 6 nitrogen and oxygen atoms in total. The third-order valence-electron chi connectivity index (χ3n) is 4.40. The van der Waals surface area contributed by atoms with Gasteiger partial charge in [-0.15, -0.1) is 0 Å². The second-order valence-corrected chi connectivity index (χ2v) is 6.76. The lowest BCUT2D eigenvalue weighted by Crippen LogP contribution is -2.42. The molecule has 1 aliphatic rings. The molecule has 0 radical (unpaired) electrons. The SMILES string of the molecule is Cc1ccc(Cl)cc1NC(=O)CN1C(=O)NC(C)(c2ccccc2)C1=O. The second kappa shape index (κ2) is 6.80. The Morgan fingerprint density at radius 3 is 2.58 bits per heavy atom. The van der Waals surface area contributed by atoms with Crippen LogP contribution in [0.15, 0.2) is 48.5 Å². The monoisotopic (exact) mass is 371 g/mol. The van der Waals surface area contributed by atoms with Crippen LogP contribution in [0, 0.1) is 6.92 Å². The molecule has 1 heterocycles. The molecule has 4 amide bonds. The van der Waals surface area contributed by atoms with Gasteiger partial charge in [-0.05, 0) is 37.1 Å². The van der Waals surface area contributed by atoms with Crippen LogP contribution in [-0.2, 0) is 15.1 Å². The lowest BCUT2D eigenvalue weighted by Gasteiger charge is -2.22. The van der Waals surface area contributed by atoms with Crippen LogP contribution in [0.3, 0.4) is 0 Å². The fraction of sp³-hybridized carbons (Fsp3) is 0.211. The lowest BCUT2D eigenvalue weighted by molar-refractivity contribution is -0.133. The normalized spacial score (nSPS) is 19.4. The van der Waals surface area contributed by atoms with Crippen LogP contribution in [0.5, 0.6) is 0 Å². The van der Waals surface area contributed by atoms with Crippen LogP contribution in [-0.4, -0.2) is 29.3 Å². The smallest absolute Gasteiger partial charge is 0.324 e. The summed E-state index contributed by atoms with van der Waals surface area (Å²) in [5, 5.41) is 5.85. The zero-order valence-electron chi connectivity index (χ0n) is 14.4. The molecule has 0 spiro atoms. The Morgan fingerprint density at radius 1 is 1.19 bits per heavy atom. The van der Waals surface area contributed by atoms with Crippen molar-refractivity contribution in [1.29, 1.82) is 0 Å². The molecule has 1 saturated heterocycles. The van der Waals surface area contributed by atoms with Crippen molar-refractivity contribution in [2.45, 2.75) is 19.4 Å². The minimum absolute atomic E-state index is 0.376. The summed E-state index contributed by atoms with van der Waals surface area (Å²) < 4.78 is 0. The molecule has 1 aliphatic heterocycles. The average Bonchev–Trinajstić information content (AvgIpc) is 2.83. The van der Waals surface area contributed by atoms with Crippen molar-refractivity contribution in [2.24, 2.45) is 0 Å². The van der Waals surface area contributed by atoms with Gasteiger partial charge in [0, 0.05) is 10.7 Å². The van der Waals surface area contributed by atoms with E-state index in [0.29, 0.717) is 16.3 Å². The van der Waals surface area contributed by atoms with Crippen molar-refractivity contribution in [3.8, 4) is 0 Å². The molecule has 134 valence electrons. The number of halogens is 1. The zero-order chi connectivity index (χ0) is 18.9. The summed E-state index contributed by atoms with van der Waals surface area (Å²) >= 11 is 5.94. The molecule has 0 aliphatic carbocycles. The highest BCUT2D eigenvalue weighted by Gasteiger charge is 2.49. The number of nitrogens with one attached hydrogen (secondary N) is 2. The molecule has 2 aromatic rings. The standard InChI is InChI=1S/C19H18ClN3O3/c1-12-8-9-14(20)10-15(12)21-16(24)11-23-17(25)19(2,22-18(23)26)13-6-4-3-5-7-13/h3-10H,11H2,1-2H3,(H,21,24)(H,22,26). The number of imide groups is 1. The van der Waals surface area contributed by atoms with Gasteiger partial charge >= 0.3 is 6.03 Å². The number of carbonyl (C=O) groups excluding carboxylic acids is 3. The summed E-state index contributed by atoms with van der Waals surface area (Å²) in [4.78, 5) is 38.3. The highest BCUT2D eigenvalue weighted by atomic mass is 35.5. The number of amides is 4. The third kappa shape index (κ3) is 3.28. The molecule has 0 aromatic heterocycles. The van der Waals surface area contributed by atoms with Crippen LogP contribution < -0.4 is 10.6 Å². The van der Waals surface area contributed by atoms with E-state index in [1.807, 2.05) is 13.0 Å². The first kappa shape index (κ1) is 17.9. The van der Waals surface area contributed by atoms with Crippen molar-refractivity contribution >= 4 is 35.1 Å². The predicted molar refractivity (Wildman–Crippen MR) is 98.9 cm³/mol. The minimum Gasteiger partial charge on any atom is -0.324 e. The number of anilines is 1. The van der Waals surface area contributed by atoms with Crippen molar-refractivity contribution in [2.75, 3.05) is 11.9 Å². The predicted octanol–water partition coefficient (Wildman–Crippen LogP) is 3.05. The maximum atomic E-state index is 12.8. The number of nitrogens with zero attached hydrogens (tertiary/aromatic N) is 1. The van der Waals surface area contributed by atoms with Gasteiger partial charge in [0.1, 0.15) is 12.1 Å². The van der Waals surface area contributed by atoms with Gasteiger partial charge in [-0.3, -0.25) is 14.5 Å². The van der Waals surface area contributed by atoms with Gasteiger partial charge in [0.15, 0.2) is 0 Å². The summed E-state index contributed by atoms with van der Waals surface area (Å²) in [5.74, 6) is -0.942. The van der Waals surface area contributed by atoms with Gasteiger partial charge in [0.05, 0.1) is 0 Å². The van der Waals surface area contributed by atoms with E-state index in [4.69, 9.17) is 11.6 Å². The van der Waals surface area contributed by atoms with E-state index in [-0.39, 0.29) is 6.54 Å². The summed E-state index contributed by atoms with van der Waals surface area (Å²) in [5.41, 5.74) is 0.839. The van der Waals surface area contributed by atoms with Crippen LogP contribution in [0.1, 0.15) is 18.1 Å². The van der Waals surface area contributed by atoms with E-state index in [9.17, 15) is 14.4 Å². The number of hydrogen-bond donors (Lipinski definition) is 2. The van der Waals surface area contributed by atoms with Gasteiger partial charge in [-0.2, -0.15) is 0 Å².